The molecular formula is C22H18N2O5. The molecule has 0 spiro atoms. The van der Waals surface area contributed by atoms with Gasteiger partial charge in [0, 0.05) is 11.1 Å². The fraction of sp³-hybridized carbons (Fsp3) is 0.136. The Morgan fingerprint density at radius 1 is 1.00 bits per heavy atom. The number of benzene rings is 2. The van der Waals surface area contributed by atoms with E-state index in [1.54, 1.807) is 48.5 Å². The molecule has 1 aromatic heterocycles. The molecule has 0 atom stereocenters. The summed E-state index contributed by atoms with van der Waals surface area (Å²) in [6.45, 7) is -0.238. The average molecular weight is 390 g/mol. The molecule has 0 unspecified atom stereocenters. The normalized spacial score (nSPS) is 10.0. The highest BCUT2D eigenvalue weighted by molar-refractivity contribution is 6.06. The summed E-state index contributed by atoms with van der Waals surface area (Å²) in [5.41, 5.74) is 2.15. The predicted octanol–water partition coefficient (Wildman–Crippen LogP) is 2.46. The van der Waals surface area contributed by atoms with Crippen molar-refractivity contribution in [3.63, 3.8) is 0 Å². The van der Waals surface area contributed by atoms with Gasteiger partial charge in [-0.1, -0.05) is 42.2 Å². The minimum Gasteiger partial charge on any atom is -0.465 e. The molecule has 0 radical (unpaired) electrons. The Balaban J connectivity index is 2.24. The monoisotopic (exact) mass is 390 g/mol. The number of carbonyl (C=O) groups excluding carboxylic acids is 2. The van der Waals surface area contributed by atoms with Crippen LogP contribution in [0, 0.1) is 11.8 Å². The Labute approximate surface area is 167 Å². The van der Waals surface area contributed by atoms with Crippen LogP contribution in [0.25, 0.3) is 16.9 Å². The van der Waals surface area contributed by atoms with E-state index in [-0.39, 0.29) is 23.6 Å². The summed E-state index contributed by atoms with van der Waals surface area (Å²) in [4.78, 5) is 25.1. The predicted molar refractivity (Wildman–Crippen MR) is 106 cm³/mol. The third-order valence-electron chi connectivity index (χ3n) is 4.12. The van der Waals surface area contributed by atoms with Crippen molar-refractivity contribution in [1.82, 2.24) is 9.78 Å². The molecular weight excluding hydrogens is 372 g/mol. The number of aromatic nitrogens is 2. The van der Waals surface area contributed by atoms with Crippen molar-refractivity contribution in [2.45, 2.75) is 0 Å². The van der Waals surface area contributed by atoms with E-state index in [4.69, 9.17) is 14.6 Å². The smallest absolute Gasteiger partial charge is 0.357 e. The number of hydrogen-bond acceptors (Lipinski definition) is 6. The first-order valence-electron chi connectivity index (χ1n) is 8.66. The Kier molecular flexibility index (Phi) is 6.07. The molecule has 1 N–H and O–H groups in total. The summed E-state index contributed by atoms with van der Waals surface area (Å²) in [7, 11) is 2.47. The van der Waals surface area contributed by atoms with Crippen molar-refractivity contribution in [3.8, 4) is 28.8 Å². The lowest BCUT2D eigenvalue weighted by Gasteiger charge is -2.07. The van der Waals surface area contributed by atoms with Crippen molar-refractivity contribution >= 4 is 11.9 Å². The van der Waals surface area contributed by atoms with Gasteiger partial charge >= 0.3 is 11.9 Å². The highest BCUT2D eigenvalue weighted by atomic mass is 16.5. The highest BCUT2D eigenvalue weighted by Crippen LogP contribution is 2.29. The van der Waals surface area contributed by atoms with E-state index < -0.39 is 11.9 Å². The quantitative estimate of drug-likeness (QED) is 0.544. The summed E-state index contributed by atoms with van der Waals surface area (Å²) in [5.74, 6) is 3.96. The number of methoxy groups -OCH3 is 2. The molecule has 29 heavy (non-hydrogen) atoms. The molecule has 0 aliphatic rings. The van der Waals surface area contributed by atoms with Crippen LogP contribution in [0.5, 0.6) is 0 Å². The van der Waals surface area contributed by atoms with Crippen LogP contribution in [0.3, 0.4) is 0 Å². The number of ether oxygens (including phenoxy) is 2. The molecule has 0 bridgehead atoms. The molecule has 0 saturated carbocycles. The lowest BCUT2D eigenvalue weighted by molar-refractivity contribution is 0.0549. The maximum atomic E-state index is 12.6. The molecule has 0 aliphatic carbocycles. The number of para-hydroxylation sites is 1. The fourth-order valence-corrected chi connectivity index (χ4v) is 2.81. The van der Waals surface area contributed by atoms with Gasteiger partial charge in [-0.2, -0.15) is 5.10 Å². The van der Waals surface area contributed by atoms with E-state index in [0.717, 1.165) is 0 Å². The summed E-state index contributed by atoms with van der Waals surface area (Å²) >= 11 is 0. The lowest BCUT2D eigenvalue weighted by Crippen LogP contribution is -2.15. The van der Waals surface area contributed by atoms with Crippen LogP contribution in [0.15, 0.2) is 54.6 Å². The van der Waals surface area contributed by atoms with Crippen LogP contribution < -0.4 is 0 Å². The topological polar surface area (TPSA) is 90.6 Å². The Morgan fingerprint density at radius 2 is 1.66 bits per heavy atom. The van der Waals surface area contributed by atoms with Crippen molar-refractivity contribution in [2.24, 2.45) is 0 Å². The third-order valence-corrected chi connectivity index (χ3v) is 4.12. The first-order valence-corrected chi connectivity index (χ1v) is 8.66. The van der Waals surface area contributed by atoms with E-state index in [9.17, 15) is 9.59 Å². The van der Waals surface area contributed by atoms with Gasteiger partial charge in [0.15, 0.2) is 5.69 Å². The van der Waals surface area contributed by atoms with Gasteiger partial charge in [-0.25, -0.2) is 14.3 Å². The largest absolute Gasteiger partial charge is 0.465 e. The average Bonchev–Trinajstić information content (AvgIpc) is 3.18. The van der Waals surface area contributed by atoms with Gasteiger partial charge in [0.1, 0.15) is 17.9 Å². The molecule has 3 rings (SSSR count). The number of esters is 2. The number of nitrogens with zero attached hydrogens (tertiary/aromatic N) is 2. The fourth-order valence-electron chi connectivity index (χ4n) is 2.81. The standard InChI is InChI=1S/C22H18N2O5/c1-28-21(26)18-19(16-12-10-15(11-13-16)7-6-14-25)23-24(20(18)22(27)29-2)17-8-4-3-5-9-17/h3-5,8-13,25H,14H2,1-2H3. The first kappa shape index (κ1) is 19.9. The highest BCUT2D eigenvalue weighted by Gasteiger charge is 2.31. The minimum atomic E-state index is -0.710. The van der Waals surface area contributed by atoms with Gasteiger partial charge in [0.05, 0.1) is 19.9 Å². The molecule has 146 valence electrons. The molecule has 2 aromatic carbocycles. The molecule has 3 aromatic rings. The minimum absolute atomic E-state index is 0.0115. The van der Waals surface area contributed by atoms with Crippen molar-refractivity contribution in [3.05, 3.63) is 71.4 Å². The number of carbonyl (C=O) groups is 2. The third kappa shape index (κ3) is 4.03. The second-order valence-corrected chi connectivity index (χ2v) is 5.84. The van der Waals surface area contributed by atoms with Crippen LogP contribution in [0.1, 0.15) is 26.4 Å². The van der Waals surface area contributed by atoms with Crippen LogP contribution in [0.2, 0.25) is 0 Å². The summed E-state index contributed by atoms with van der Waals surface area (Å²) in [5, 5.41) is 13.3. The number of aliphatic hydroxyl groups is 1. The van der Waals surface area contributed by atoms with Crippen LogP contribution in [0.4, 0.5) is 0 Å². The molecule has 7 heteroatoms. The Hall–Kier alpha value is -3.89. The maximum absolute atomic E-state index is 12.6. The van der Waals surface area contributed by atoms with E-state index in [2.05, 4.69) is 16.9 Å². The van der Waals surface area contributed by atoms with E-state index in [0.29, 0.717) is 16.8 Å². The van der Waals surface area contributed by atoms with E-state index >= 15 is 0 Å². The summed E-state index contributed by atoms with van der Waals surface area (Å²) < 4.78 is 11.2. The number of hydrogen-bond donors (Lipinski definition) is 1. The zero-order valence-corrected chi connectivity index (χ0v) is 15.9. The van der Waals surface area contributed by atoms with Gasteiger partial charge in [0.2, 0.25) is 0 Å². The van der Waals surface area contributed by atoms with Gasteiger partial charge < -0.3 is 14.6 Å². The first-order chi connectivity index (χ1) is 14.1. The zero-order chi connectivity index (χ0) is 20.8. The summed E-state index contributed by atoms with van der Waals surface area (Å²) in [6.07, 6.45) is 0. The Morgan fingerprint density at radius 3 is 2.24 bits per heavy atom. The van der Waals surface area contributed by atoms with Crippen molar-refractivity contribution < 1.29 is 24.2 Å². The molecule has 0 saturated heterocycles. The van der Waals surface area contributed by atoms with Crippen LogP contribution in [-0.2, 0) is 9.47 Å². The number of rotatable bonds is 4. The van der Waals surface area contributed by atoms with Crippen LogP contribution >= 0.6 is 0 Å². The van der Waals surface area contributed by atoms with Gasteiger partial charge in [-0.3, -0.25) is 0 Å². The second-order valence-electron chi connectivity index (χ2n) is 5.84. The SMILES string of the molecule is COC(=O)c1c(-c2ccc(C#CCO)cc2)nn(-c2ccccc2)c1C(=O)OC. The zero-order valence-electron chi connectivity index (χ0n) is 15.9. The Bertz CT molecular complexity index is 1090. The summed E-state index contributed by atoms with van der Waals surface area (Å²) in [6, 6.07) is 15.9. The van der Waals surface area contributed by atoms with Gasteiger partial charge in [-0.15, -0.1) is 0 Å². The van der Waals surface area contributed by atoms with E-state index in [1.165, 1.54) is 18.9 Å². The molecule has 0 amide bonds. The number of aliphatic hydroxyl groups excluding tert-OH is 1. The van der Waals surface area contributed by atoms with E-state index in [1.807, 2.05) is 6.07 Å². The second kappa shape index (κ2) is 8.87. The lowest BCUT2D eigenvalue weighted by atomic mass is 10.0. The van der Waals surface area contributed by atoms with Crippen molar-refractivity contribution in [2.75, 3.05) is 20.8 Å². The van der Waals surface area contributed by atoms with Crippen molar-refractivity contribution in [1.29, 1.82) is 0 Å². The molecule has 0 aliphatic heterocycles. The van der Waals surface area contributed by atoms with Gasteiger partial charge in [-0.05, 0) is 24.3 Å². The van der Waals surface area contributed by atoms with Gasteiger partial charge in [0.25, 0.3) is 0 Å². The molecule has 1 heterocycles. The van der Waals surface area contributed by atoms with Crippen LogP contribution in [-0.4, -0.2) is 47.7 Å². The molecule has 7 nitrogen and oxygen atoms in total. The molecule has 0 fully saturated rings. The maximum Gasteiger partial charge on any atom is 0.357 e.